The maximum atomic E-state index is 13.8. The van der Waals surface area contributed by atoms with Crippen molar-refractivity contribution >= 4 is 17.5 Å². The minimum absolute atomic E-state index is 0.0115. The largest absolute Gasteiger partial charge is 0.496 e. The fraction of sp³-hybridized carbons (Fsp3) is 0.286. The third-order valence-corrected chi connectivity index (χ3v) is 6.40. The number of anilines is 1. The van der Waals surface area contributed by atoms with Gasteiger partial charge in [-0.1, -0.05) is 30.3 Å². The summed E-state index contributed by atoms with van der Waals surface area (Å²) in [5.74, 6) is -0.451. The number of methoxy groups -OCH3 is 1. The molecule has 35 heavy (non-hydrogen) atoms. The molecule has 4 rings (SSSR count). The lowest BCUT2D eigenvalue weighted by Gasteiger charge is -2.36. The second-order valence-electron chi connectivity index (χ2n) is 8.87. The van der Waals surface area contributed by atoms with E-state index in [1.807, 2.05) is 23.1 Å². The van der Waals surface area contributed by atoms with Gasteiger partial charge in [-0.15, -0.1) is 0 Å². The van der Waals surface area contributed by atoms with Gasteiger partial charge in [-0.25, -0.2) is 4.39 Å². The van der Waals surface area contributed by atoms with Gasteiger partial charge in [0.1, 0.15) is 11.6 Å². The monoisotopic (exact) mass is 475 g/mol. The molecule has 0 bridgehead atoms. The molecule has 1 aliphatic carbocycles. The number of carbonyl (C=O) groups is 2. The van der Waals surface area contributed by atoms with Gasteiger partial charge in [-0.3, -0.25) is 9.59 Å². The Hall–Kier alpha value is -3.71. The summed E-state index contributed by atoms with van der Waals surface area (Å²) in [5, 5.41) is 2.91. The minimum atomic E-state index is -0.442. The van der Waals surface area contributed by atoms with Crippen molar-refractivity contribution in [3.63, 3.8) is 0 Å². The average Bonchev–Trinajstić information content (AvgIpc) is 2.87. The average molecular weight is 476 g/mol. The van der Waals surface area contributed by atoms with Gasteiger partial charge in [-0.05, 0) is 73.7 Å². The van der Waals surface area contributed by atoms with Crippen molar-refractivity contribution < 1.29 is 18.7 Å². The first kappa shape index (κ1) is 24.4. The van der Waals surface area contributed by atoms with E-state index in [9.17, 15) is 14.0 Å². The summed E-state index contributed by atoms with van der Waals surface area (Å²) in [4.78, 5) is 28.1. The Morgan fingerprint density at radius 1 is 1.00 bits per heavy atom. The zero-order valence-corrected chi connectivity index (χ0v) is 19.7. The number of ether oxygens (including phenoxy) is 1. The Kier molecular flexibility index (Phi) is 7.77. The molecule has 3 aromatic rings. The van der Waals surface area contributed by atoms with Crippen molar-refractivity contribution in [3.8, 4) is 5.75 Å². The zero-order chi connectivity index (χ0) is 24.8. The van der Waals surface area contributed by atoms with Crippen molar-refractivity contribution in [3.05, 3.63) is 95.3 Å². The fourth-order valence-corrected chi connectivity index (χ4v) is 4.54. The molecule has 0 radical (unpaired) electrons. The van der Waals surface area contributed by atoms with E-state index in [1.54, 1.807) is 42.5 Å². The molecule has 0 spiro atoms. The first-order valence-corrected chi connectivity index (χ1v) is 11.8. The minimum Gasteiger partial charge on any atom is -0.496 e. The Balaban J connectivity index is 1.55. The van der Waals surface area contributed by atoms with Crippen LogP contribution in [0.5, 0.6) is 5.75 Å². The quantitative estimate of drug-likeness (QED) is 0.504. The number of hydrogen-bond acceptors (Lipinski definition) is 4. The second-order valence-corrected chi connectivity index (χ2v) is 8.87. The lowest BCUT2D eigenvalue weighted by atomic mass is 9.90. The molecule has 6 nitrogen and oxygen atoms in total. The molecule has 0 aromatic heterocycles. The van der Waals surface area contributed by atoms with Gasteiger partial charge in [-0.2, -0.15) is 0 Å². The molecular weight excluding hydrogens is 445 g/mol. The van der Waals surface area contributed by atoms with Crippen molar-refractivity contribution in [2.75, 3.05) is 12.4 Å². The number of nitrogens with one attached hydrogen (secondary N) is 1. The summed E-state index contributed by atoms with van der Waals surface area (Å²) in [5.41, 5.74) is 8.32. The van der Waals surface area contributed by atoms with Crippen LogP contribution in [0.4, 0.5) is 10.1 Å². The number of hydrogen-bond donors (Lipinski definition) is 2. The van der Waals surface area contributed by atoms with Gasteiger partial charge in [0.05, 0.1) is 12.7 Å². The van der Waals surface area contributed by atoms with E-state index in [4.69, 9.17) is 10.5 Å². The third-order valence-electron chi connectivity index (χ3n) is 6.40. The van der Waals surface area contributed by atoms with Gasteiger partial charge in [0.2, 0.25) is 0 Å². The lowest BCUT2D eigenvalue weighted by Crippen LogP contribution is -2.43. The number of nitrogens with two attached hydrogens (primary N) is 1. The number of carbonyl (C=O) groups excluding carboxylic acids is 2. The summed E-state index contributed by atoms with van der Waals surface area (Å²) in [7, 11) is 1.52. The SMILES string of the molecule is COc1ccccc1C(=O)Nc1cccc(CN(C(=O)c2cccc(F)c2)C2CCC(N)CC2)c1. The summed E-state index contributed by atoms with van der Waals surface area (Å²) < 4.78 is 19.1. The van der Waals surface area contributed by atoms with Crippen molar-refractivity contribution in [1.82, 2.24) is 4.90 Å². The van der Waals surface area contributed by atoms with E-state index in [-0.39, 0.29) is 23.9 Å². The summed E-state index contributed by atoms with van der Waals surface area (Å²) in [6.07, 6.45) is 3.28. The number of nitrogens with zero attached hydrogens (tertiary/aromatic N) is 1. The van der Waals surface area contributed by atoms with Crippen molar-refractivity contribution in [2.45, 2.75) is 44.3 Å². The van der Waals surface area contributed by atoms with E-state index < -0.39 is 5.82 Å². The molecule has 1 fully saturated rings. The number of halogens is 1. The van der Waals surface area contributed by atoms with Crippen LogP contribution in [0.3, 0.4) is 0 Å². The highest BCUT2D eigenvalue weighted by atomic mass is 19.1. The van der Waals surface area contributed by atoms with Gasteiger partial charge < -0.3 is 20.7 Å². The molecule has 0 atom stereocenters. The van der Waals surface area contributed by atoms with Crippen LogP contribution in [-0.2, 0) is 6.54 Å². The van der Waals surface area contributed by atoms with Crippen LogP contribution in [-0.4, -0.2) is 35.9 Å². The van der Waals surface area contributed by atoms with E-state index >= 15 is 0 Å². The molecule has 0 aliphatic heterocycles. The third kappa shape index (κ3) is 6.05. The van der Waals surface area contributed by atoms with Crippen LogP contribution in [0.25, 0.3) is 0 Å². The molecule has 1 saturated carbocycles. The standard InChI is InChI=1S/C28H30FN3O3/c1-35-26-11-3-2-10-25(26)27(33)31-23-9-4-6-19(16-23)18-32(24-14-12-22(30)13-15-24)28(34)20-7-5-8-21(29)17-20/h2-11,16-17,22,24H,12-15,18,30H2,1H3,(H,31,33). The molecule has 0 saturated heterocycles. The molecule has 1 aliphatic rings. The highest BCUT2D eigenvalue weighted by Crippen LogP contribution is 2.27. The molecule has 0 unspecified atom stereocenters. The number of rotatable bonds is 7. The molecule has 0 heterocycles. The summed E-state index contributed by atoms with van der Waals surface area (Å²) in [6.45, 7) is 0.341. The van der Waals surface area contributed by atoms with Gasteiger partial charge >= 0.3 is 0 Å². The molecule has 182 valence electrons. The van der Waals surface area contributed by atoms with E-state index in [1.165, 1.54) is 19.2 Å². The molecule has 7 heteroatoms. The van der Waals surface area contributed by atoms with Gasteiger partial charge in [0, 0.05) is 29.9 Å². The highest BCUT2D eigenvalue weighted by molar-refractivity contribution is 6.06. The Morgan fingerprint density at radius 3 is 2.49 bits per heavy atom. The second kappa shape index (κ2) is 11.1. The van der Waals surface area contributed by atoms with Gasteiger partial charge in [0.25, 0.3) is 11.8 Å². The predicted molar refractivity (Wildman–Crippen MR) is 134 cm³/mol. The Bertz CT molecular complexity index is 1190. The maximum Gasteiger partial charge on any atom is 0.259 e. The molecule has 3 aromatic carbocycles. The maximum absolute atomic E-state index is 13.8. The van der Waals surface area contributed by atoms with Crippen LogP contribution in [0, 0.1) is 5.82 Å². The normalized spacial score (nSPS) is 17.5. The number of para-hydroxylation sites is 1. The van der Waals surface area contributed by atoms with Crippen molar-refractivity contribution in [1.29, 1.82) is 0 Å². The fourth-order valence-electron chi connectivity index (χ4n) is 4.54. The van der Waals surface area contributed by atoms with Crippen LogP contribution < -0.4 is 15.8 Å². The Morgan fingerprint density at radius 2 is 1.74 bits per heavy atom. The number of amides is 2. The molecule has 3 N–H and O–H groups in total. The van der Waals surface area contributed by atoms with E-state index in [0.29, 0.717) is 29.1 Å². The van der Waals surface area contributed by atoms with E-state index in [2.05, 4.69) is 5.32 Å². The first-order chi connectivity index (χ1) is 16.9. The summed E-state index contributed by atoms with van der Waals surface area (Å²) in [6, 6.07) is 20.4. The predicted octanol–water partition coefficient (Wildman–Crippen LogP) is 5.00. The van der Waals surface area contributed by atoms with Crippen LogP contribution in [0.15, 0.2) is 72.8 Å². The Labute approximate surface area is 204 Å². The zero-order valence-electron chi connectivity index (χ0n) is 19.7. The van der Waals surface area contributed by atoms with Crippen LogP contribution >= 0.6 is 0 Å². The van der Waals surface area contributed by atoms with Crippen LogP contribution in [0.1, 0.15) is 52.0 Å². The summed E-state index contributed by atoms with van der Waals surface area (Å²) >= 11 is 0. The van der Waals surface area contributed by atoms with Crippen molar-refractivity contribution in [2.24, 2.45) is 5.73 Å². The molecular formula is C28H30FN3O3. The topological polar surface area (TPSA) is 84.7 Å². The lowest BCUT2D eigenvalue weighted by molar-refractivity contribution is 0.0605. The number of benzene rings is 3. The van der Waals surface area contributed by atoms with E-state index in [0.717, 1.165) is 31.2 Å². The van der Waals surface area contributed by atoms with Gasteiger partial charge in [0.15, 0.2) is 0 Å². The van der Waals surface area contributed by atoms with Crippen LogP contribution in [0.2, 0.25) is 0 Å². The highest BCUT2D eigenvalue weighted by Gasteiger charge is 2.29. The molecule has 2 amide bonds. The smallest absolute Gasteiger partial charge is 0.259 e. The first-order valence-electron chi connectivity index (χ1n) is 11.8.